The largest absolute Gasteiger partial charge is 0.415 e. The van der Waals surface area contributed by atoms with Gasteiger partial charge in [-0.2, -0.15) is 0 Å². The highest BCUT2D eigenvalue weighted by atomic mass is 35.5. The predicted octanol–water partition coefficient (Wildman–Crippen LogP) is 1.10. The molecule has 152 valence electrons. The van der Waals surface area contributed by atoms with E-state index in [1.807, 2.05) is 6.92 Å². The van der Waals surface area contributed by atoms with Crippen molar-refractivity contribution < 1.29 is 23.7 Å². The standard InChI is InChI=1S/C19H20ClN5O4/c1-2-9-24-17(26)18(27)25(19(24)28)11-23(14-7-8-14)10-15-21-22-16(29-15)12-3-5-13(20)6-4-12/h3-6,14H,2,7-11H2,1H3/p+1. The molecule has 2 heterocycles. The van der Waals surface area contributed by atoms with E-state index in [1.165, 1.54) is 0 Å². The Morgan fingerprint density at radius 1 is 1.10 bits per heavy atom. The van der Waals surface area contributed by atoms with E-state index in [-0.39, 0.29) is 19.3 Å². The second-order valence-electron chi connectivity index (χ2n) is 7.25. The molecular formula is C19H21ClN5O4+. The van der Waals surface area contributed by atoms with E-state index >= 15 is 0 Å². The first-order valence-electron chi connectivity index (χ1n) is 9.58. The number of nitrogens with zero attached hydrogens (tertiary/aromatic N) is 4. The Labute approximate surface area is 172 Å². The predicted molar refractivity (Wildman–Crippen MR) is 102 cm³/mol. The minimum absolute atomic E-state index is 0.104. The highest BCUT2D eigenvalue weighted by Gasteiger charge is 2.47. The van der Waals surface area contributed by atoms with Crippen LogP contribution in [0.4, 0.5) is 4.79 Å². The van der Waals surface area contributed by atoms with Crippen LogP contribution in [-0.2, 0) is 16.1 Å². The Morgan fingerprint density at radius 2 is 1.79 bits per heavy atom. The second-order valence-corrected chi connectivity index (χ2v) is 7.68. The normalized spacial score (nSPS) is 18.1. The Balaban J connectivity index is 1.47. The minimum Gasteiger partial charge on any atom is -0.415 e. The number of carbonyl (C=O) groups excluding carboxylic acids is 3. The van der Waals surface area contributed by atoms with Gasteiger partial charge in [-0.25, -0.2) is 9.69 Å². The lowest BCUT2D eigenvalue weighted by Gasteiger charge is -2.22. The lowest BCUT2D eigenvalue weighted by atomic mass is 10.2. The monoisotopic (exact) mass is 418 g/mol. The summed E-state index contributed by atoms with van der Waals surface area (Å²) in [5.74, 6) is -0.735. The molecular weight excluding hydrogens is 398 g/mol. The third kappa shape index (κ3) is 4.01. The third-order valence-electron chi connectivity index (χ3n) is 5.03. The molecule has 1 aliphatic heterocycles. The van der Waals surface area contributed by atoms with Gasteiger partial charge >= 0.3 is 17.8 Å². The van der Waals surface area contributed by atoms with Crippen molar-refractivity contribution in [1.29, 1.82) is 0 Å². The molecule has 4 rings (SSSR count). The van der Waals surface area contributed by atoms with Crippen LogP contribution in [-0.4, -0.2) is 57.1 Å². The van der Waals surface area contributed by atoms with Gasteiger partial charge in [-0.05, 0) is 30.7 Å². The third-order valence-corrected chi connectivity index (χ3v) is 5.29. The van der Waals surface area contributed by atoms with Gasteiger partial charge in [0.2, 0.25) is 5.89 Å². The van der Waals surface area contributed by atoms with Crippen molar-refractivity contribution in [2.24, 2.45) is 0 Å². The van der Waals surface area contributed by atoms with Crippen molar-refractivity contribution >= 4 is 29.4 Å². The molecule has 2 aliphatic rings. The number of benzene rings is 1. The number of hydrogen-bond acceptors (Lipinski definition) is 6. The van der Waals surface area contributed by atoms with Gasteiger partial charge in [0.1, 0.15) is 0 Å². The molecule has 1 saturated heterocycles. The van der Waals surface area contributed by atoms with Crippen molar-refractivity contribution in [3.63, 3.8) is 0 Å². The van der Waals surface area contributed by atoms with Crippen molar-refractivity contribution in [3.05, 3.63) is 35.2 Å². The van der Waals surface area contributed by atoms with E-state index < -0.39 is 17.8 Å². The summed E-state index contributed by atoms with van der Waals surface area (Å²) in [6, 6.07) is 6.81. The quantitative estimate of drug-likeness (QED) is 0.509. The molecule has 0 bridgehead atoms. The highest BCUT2D eigenvalue weighted by molar-refractivity contribution is 6.44. The number of rotatable bonds is 8. The van der Waals surface area contributed by atoms with E-state index in [1.54, 1.807) is 24.3 Å². The van der Waals surface area contributed by atoms with E-state index in [9.17, 15) is 14.4 Å². The summed E-state index contributed by atoms with van der Waals surface area (Å²) in [5, 5.41) is 8.79. The summed E-state index contributed by atoms with van der Waals surface area (Å²) in [6.45, 7) is 2.56. The number of imide groups is 2. The molecule has 1 aromatic heterocycles. The SMILES string of the molecule is CCCN1C(=O)C(=O)N(C[NH+](Cc2nnc(-c3ccc(Cl)cc3)o2)C2CC2)C1=O. The van der Waals surface area contributed by atoms with Crippen LogP contribution in [0.2, 0.25) is 5.02 Å². The van der Waals surface area contributed by atoms with E-state index in [2.05, 4.69) is 10.2 Å². The van der Waals surface area contributed by atoms with E-state index in [0.717, 1.165) is 33.1 Å². The van der Waals surface area contributed by atoms with E-state index in [0.29, 0.717) is 29.8 Å². The zero-order valence-corrected chi connectivity index (χ0v) is 16.7. The van der Waals surface area contributed by atoms with Gasteiger partial charge in [-0.1, -0.05) is 18.5 Å². The molecule has 1 aliphatic carbocycles. The number of urea groups is 1. The van der Waals surface area contributed by atoms with Crippen LogP contribution in [0, 0.1) is 0 Å². The Hall–Kier alpha value is -2.78. The van der Waals surface area contributed by atoms with Crippen molar-refractivity contribution in [1.82, 2.24) is 20.0 Å². The molecule has 1 N–H and O–H groups in total. The summed E-state index contributed by atoms with van der Waals surface area (Å²) < 4.78 is 5.77. The number of amides is 4. The van der Waals surface area contributed by atoms with Gasteiger partial charge in [-0.3, -0.25) is 14.5 Å². The number of quaternary nitrogens is 1. The average molecular weight is 419 g/mol. The van der Waals surface area contributed by atoms with Crippen LogP contribution in [0.1, 0.15) is 32.1 Å². The fourth-order valence-corrected chi connectivity index (χ4v) is 3.49. The van der Waals surface area contributed by atoms with Crippen LogP contribution in [0.3, 0.4) is 0 Å². The van der Waals surface area contributed by atoms with Gasteiger partial charge in [0.25, 0.3) is 5.89 Å². The fourth-order valence-electron chi connectivity index (χ4n) is 3.36. The van der Waals surface area contributed by atoms with Crippen molar-refractivity contribution in [2.45, 2.75) is 38.8 Å². The maximum Gasteiger partial charge on any atom is 0.338 e. The maximum atomic E-state index is 12.5. The zero-order chi connectivity index (χ0) is 20.5. The molecule has 29 heavy (non-hydrogen) atoms. The number of carbonyl (C=O) groups is 3. The Bertz CT molecular complexity index is 940. The molecule has 4 amide bonds. The van der Waals surface area contributed by atoms with Crippen LogP contribution < -0.4 is 4.90 Å². The summed E-state index contributed by atoms with van der Waals surface area (Å²) in [4.78, 5) is 39.9. The lowest BCUT2D eigenvalue weighted by Crippen LogP contribution is -3.13. The van der Waals surface area contributed by atoms with Crippen LogP contribution in [0.25, 0.3) is 11.5 Å². The molecule has 0 spiro atoms. The number of aromatic nitrogens is 2. The molecule has 1 unspecified atom stereocenters. The Morgan fingerprint density at radius 3 is 2.45 bits per heavy atom. The summed E-state index contributed by atoms with van der Waals surface area (Å²) in [7, 11) is 0. The maximum absolute atomic E-state index is 12.5. The molecule has 2 aromatic rings. The number of halogens is 1. The Kier molecular flexibility index (Phi) is 5.33. The smallest absolute Gasteiger partial charge is 0.338 e. The first-order valence-corrected chi connectivity index (χ1v) is 9.96. The topological polar surface area (TPSA) is 101 Å². The molecule has 1 atom stereocenters. The number of hydrogen-bond donors (Lipinski definition) is 1. The van der Waals surface area contributed by atoms with Crippen LogP contribution in [0.15, 0.2) is 28.7 Å². The molecule has 10 heteroatoms. The molecule has 9 nitrogen and oxygen atoms in total. The highest BCUT2D eigenvalue weighted by Crippen LogP contribution is 2.21. The van der Waals surface area contributed by atoms with E-state index in [4.69, 9.17) is 16.0 Å². The van der Waals surface area contributed by atoms with Gasteiger partial charge in [0, 0.05) is 30.0 Å². The van der Waals surface area contributed by atoms with Crippen LogP contribution in [0.5, 0.6) is 0 Å². The van der Waals surface area contributed by atoms with Gasteiger partial charge in [0.15, 0.2) is 13.2 Å². The molecule has 1 aromatic carbocycles. The second kappa shape index (κ2) is 7.92. The summed E-state index contributed by atoms with van der Waals surface area (Å²) in [6.07, 6.45) is 2.57. The lowest BCUT2D eigenvalue weighted by molar-refractivity contribution is -0.933. The average Bonchev–Trinajstić information content (AvgIpc) is 3.43. The van der Waals surface area contributed by atoms with Gasteiger partial charge < -0.3 is 9.32 Å². The van der Waals surface area contributed by atoms with Gasteiger partial charge in [0.05, 0.1) is 6.04 Å². The molecule has 1 saturated carbocycles. The first-order chi connectivity index (χ1) is 14.0. The fraction of sp³-hybridized carbons (Fsp3) is 0.421. The minimum atomic E-state index is -0.769. The first kappa shape index (κ1) is 19.5. The summed E-state index contributed by atoms with van der Waals surface area (Å²) in [5.41, 5.74) is 0.756. The summed E-state index contributed by atoms with van der Waals surface area (Å²) >= 11 is 5.90. The van der Waals surface area contributed by atoms with Crippen molar-refractivity contribution in [3.8, 4) is 11.5 Å². The van der Waals surface area contributed by atoms with Gasteiger partial charge in [-0.15, -0.1) is 10.2 Å². The molecule has 0 radical (unpaired) electrons. The number of nitrogens with one attached hydrogen (secondary N) is 1. The van der Waals surface area contributed by atoms with Crippen LogP contribution >= 0.6 is 11.6 Å². The zero-order valence-electron chi connectivity index (χ0n) is 15.9. The molecule has 2 fully saturated rings. The van der Waals surface area contributed by atoms with Crippen molar-refractivity contribution in [2.75, 3.05) is 13.2 Å².